The van der Waals surface area contributed by atoms with Crippen LogP contribution in [0.25, 0.3) is 21.9 Å². The van der Waals surface area contributed by atoms with Crippen LogP contribution in [0.3, 0.4) is 0 Å². The Morgan fingerprint density at radius 1 is 0.862 bits per heavy atom. The summed E-state index contributed by atoms with van der Waals surface area (Å²) in [6.07, 6.45) is 0. The Labute approximate surface area is 196 Å². The standard InChI is InChI=1S/C26H33.2ClH.Zr/c1-17(2)20-11-9-10-12-21(20)24-22-16-19(25(3,4)5)15-18(22)13-14-23(24)26(6,7)8;;;/h9-17H,1-8H3;2*1H;/q-1;;;+2/p-2. The summed E-state index contributed by atoms with van der Waals surface area (Å²) >= 11 is -0.826. The monoisotopic (exact) mass is 505 g/mol. The molecule has 0 aromatic heterocycles. The molecule has 0 amide bonds. The van der Waals surface area contributed by atoms with Crippen LogP contribution in [0.2, 0.25) is 0 Å². The molecule has 0 nitrogen and oxygen atoms in total. The molecular formula is C26H33Cl2Zr-. The molecule has 3 rings (SSSR count). The van der Waals surface area contributed by atoms with Gasteiger partial charge >= 0.3 is 37.9 Å². The van der Waals surface area contributed by atoms with Gasteiger partial charge in [-0.3, -0.25) is 0 Å². The van der Waals surface area contributed by atoms with Crippen molar-refractivity contribution in [3.05, 3.63) is 65.2 Å². The zero-order valence-corrected chi connectivity index (χ0v) is 22.9. The van der Waals surface area contributed by atoms with Crippen LogP contribution in [0.5, 0.6) is 0 Å². The molecule has 0 unspecified atom stereocenters. The van der Waals surface area contributed by atoms with Crippen LogP contribution < -0.4 is 0 Å². The van der Waals surface area contributed by atoms with Gasteiger partial charge in [-0.1, -0.05) is 90.8 Å². The Balaban J connectivity index is 0.000000941. The van der Waals surface area contributed by atoms with Crippen molar-refractivity contribution in [2.75, 3.05) is 0 Å². The van der Waals surface area contributed by atoms with Gasteiger partial charge in [-0.2, -0.15) is 6.07 Å². The predicted octanol–water partition coefficient (Wildman–Crippen LogP) is 9.32. The fraction of sp³-hybridized carbons (Fsp3) is 0.423. The van der Waals surface area contributed by atoms with Crippen molar-refractivity contribution in [2.45, 2.75) is 72.1 Å². The summed E-state index contributed by atoms with van der Waals surface area (Å²) < 4.78 is 0. The molecule has 156 valence electrons. The van der Waals surface area contributed by atoms with Crippen LogP contribution in [-0.4, -0.2) is 0 Å². The molecule has 0 spiro atoms. The van der Waals surface area contributed by atoms with E-state index in [9.17, 15) is 0 Å². The summed E-state index contributed by atoms with van der Waals surface area (Å²) in [5, 5.41) is 2.76. The van der Waals surface area contributed by atoms with Crippen LogP contribution in [0.4, 0.5) is 0 Å². The zero-order chi connectivity index (χ0) is 22.0. The van der Waals surface area contributed by atoms with Crippen molar-refractivity contribution < 1.29 is 20.8 Å². The molecule has 3 aromatic rings. The van der Waals surface area contributed by atoms with Gasteiger partial charge in [0, 0.05) is 0 Å². The van der Waals surface area contributed by atoms with Crippen molar-refractivity contribution in [1.29, 1.82) is 0 Å². The minimum atomic E-state index is -0.826. The van der Waals surface area contributed by atoms with Gasteiger partial charge in [-0.15, -0.1) is 34.5 Å². The Morgan fingerprint density at radius 2 is 1.45 bits per heavy atom. The van der Waals surface area contributed by atoms with Gasteiger partial charge < -0.3 is 0 Å². The number of halogens is 2. The Kier molecular flexibility index (Phi) is 8.34. The van der Waals surface area contributed by atoms with Gasteiger partial charge in [0.15, 0.2) is 0 Å². The van der Waals surface area contributed by atoms with E-state index < -0.39 is 20.8 Å². The predicted molar refractivity (Wildman–Crippen MR) is 128 cm³/mol. The van der Waals surface area contributed by atoms with Gasteiger partial charge in [0.1, 0.15) is 0 Å². The second-order valence-electron chi connectivity index (χ2n) is 10.0. The molecule has 0 aliphatic carbocycles. The van der Waals surface area contributed by atoms with E-state index in [1.54, 1.807) is 0 Å². The second kappa shape index (κ2) is 9.76. The van der Waals surface area contributed by atoms with E-state index in [0.29, 0.717) is 5.92 Å². The summed E-state index contributed by atoms with van der Waals surface area (Å²) in [5.41, 5.74) is 7.37. The molecule has 3 heteroatoms. The van der Waals surface area contributed by atoms with E-state index in [1.165, 1.54) is 38.6 Å². The van der Waals surface area contributed by atoms with E-state index in [0.717, 1.165) is 0 Å². The van der Waals surface area contributed by atoms with Crippen LogP contribution in [0.15, 0.2) is 48.5 Å². The van der Waals surface area contributed by atoms with Crippen molar-refractivity contribution in [3.8, 4) is 11.1 Å². The molecular weight excluding hydrogens is 474 g/mol. The SMILES string of the molecule is CC(C)c1ccccc1-c1c(C(C)(C)C)ccc2[cH-]c(C(C)(C)C)cc12.[Cl][Zr][Cl]. The van der Waals surface area contributed by atoms with Crippen LogP contribution in [-0.2, 0) is 31.7 Å². The Hall–Kier alpha value is -0.487. The van der Waals surface area contributed by atoms with E-state index >= 15 is 0 Å². The summed E-state index contributed by atoms with van der Waals surface area (Å²) in [6.45, 7) is 18.5. The summed E-state index contributed by atoms with van der Waals surface area (Å²) in [6, 6.07) is 18.4. The molecule has 0 saturated heterocycles. The fourth-order valence-corrected chi connectivity index (χ4v) is 3.86. The Bertz CT molecular complexity index is 953. The van der Waals surface area contributed by atoms with Crippen molar-refractivity contribution in [1.82, 2.24) is 0 Å². The third-order valence-corrected chi connectivity index (χ3v) is 5.42. The molecule has 0 heterocycles. The number of benzene rings is 2. The molecule has 0 saturated carbocycles. The van der Waals surface area contributed by atoms with Gasteiger partial charge in [0.2, 0.25) is 0 Å². The van der Waals surface area contributed by atoms with Crippen molar-refractivity contribution in [2.24, 2.45) is 0 Å². The first-order valence-corrected chi connectivity index (χ1v) is 16.5. The molecule has 0 aliphatic rings. The number of fused-ring (bicyclic) bond motifs is 1. The molecule has 0 aliphatic heterocycles. The molecule has 0 atom stereocenters. The third-order valence-electron chi connectivity index (χ3n) is 5.42. The minimum absolute atomic E-state index is 0.104. The van der Waals surface area contributed by atoms with E-state index in [-0.39, 0.29) is 10.8 Å². The first-order valence-electron chi connectivity index (χ1n) is 10.2. The summed E-state index contributed by atoms with van der Waals surface area (Å²) in [5.74, 6) is 0.506. The normalized spacial score (nSPS) is 12.1. The topological polar surface area (TPSA) is 0 Å². The summed E-state index contributed by atoms with van der Waals surface area (Å²) in [4.78, 5) is 0. The molecule has 0 radical (unpaired) electrons. The molecule has 29 heavy (non-hydrogen) atoms. The van der Waals surface area contributed by atoms with Gasteiger partial charge in [0.25, 0.3) is 0 Å². The average Bonchev–Trinajstić information content (AvgIpc) is 3.05. The zero-order valence-electron chi connectivity index (χ0n) is 19.0. The maximum atomic E-state index is 4.93. The first-order chi connectivity index (χ1) is 13.4. The number of hydrogen-bond acceptors (Lipinski definition) is 0. The van der Waals surface area contributed by atoms with Crippen molar-refractivity contribution in [3.63, 3.8) is 0 Å². The molecule has 0 fully saturated rings. The third kappa shape index (κ3) is 5.81. The van der Waals surface area contributed by atoms with Crippen molar-refractivity contribution >= 4 is 27.8 Å². The molecule has 3 aromatic carbocycles. The van der Waals surface area contributed by atoms with E-state index in [2.05, 4.69) is 104 Å². The first kappa shape index (κ1) is 24.8. The van der Waals surface area contributed by atoms with Gasteiger partial charge in [-0.25, -0.2) is 0 Å². The quantitative estimate of drug-likeness (QED) is 0.303. The number of rotatable bonds is 2. The second-order valence-corrected chi connectivity index (χ2v) is 13.8. The van der Waals surface area contributed by atoms with Crippen LogP contribution >= 0.6 is 17.0 Å². The fourth-order valence-electron chi connectivity index (χ4n) is 3.86. The van der Waals surface area contributed by atoms with Crippen LogP contribution in [0.1, 0.15) is 78.0 Å². The molecule has 0 N–H and O–H groups in total. The van der Waals surface area contributed by atoms with Gasteiger partial charge in [0.05, 0.1) is 0 Å². The number of hydrogen-bond donors (Lipinski definition) is 0. The average molecular weight is 508 g/mol. The van der Waals surface area contributed by atoms with E-state index in [4.69, 9.17) is 17.0 Å². The Morgan fingerprint density at radius 3 is 1.97 bits per heavy atom. The molecule has 0 bridgehead atoms. The van der Waals surface area contributed by atoms with Gasteiger partial charge in [-0.05, 0) is 27.9 Å². The van der Waals surface area contributed by atoms with E-state index in [1.807, 2.05) is 0 Å². The van der Waals surface area contributed by atoms with Crippen LogP contribution in [0, 0.1) is 0 Å². The maximum absolute atomic E-state index is 4.93. The summed E-state index contributed by atoms with van der Waals surface area (Å²) in [7, 11) is 9.87.